The maximum Gasteiger partial charge on any atom is 0.0843 e. The van der Waals surface area contributed by atoms with Crippen molar-refractivity contribution in [1.29, 1.82) is 0 Å². The standard InChI is InChI=1S/C13H17ClO2/c1-9-11(5-2-6-12(9)14)13(15)10-4-3-7-16-8-10/h2,5-6,10,13,15H,3-4,7-8H2,1H3. The summed E-state index contributed by atoms with van der Waals surface area (Å²) in [5, 5.41) is 11.0. The molecule has 2 nitrogen and oxygen atoms in total. The summed E-state index contributed by atoms with van der Waals surface area (Å²) in [6, 6.07) is 5.68. The Morgan fingerprint density at radius 2 is 2.31 bits per heavy atom. The van der Waals surface area contributed by atoms with Gasteiger partial charge in [0.15, 0.2) is 0 Å². The number of aliphatic hydroxyl groups is 1. The summed E-state index contributed by atoms with van der Waals surface area (Å²) in [5.41, 5.74) is 1.91. The minimum absolute atomic E-state index is 0.200. The number of hydrogen-bond donors (Lipinski definition) is 1. The van der Waals surface area contributed by atoms with E-state index in [1.165, 1.54) is 0 Å². The van der Waals surface area contributed by atoms with Gasteiger partial charge in [0.1, 0.15) is 0 Å². The Balaban J connectivity index is 2.19. The molecule has 1 heterocycles. The van der Waals surface area contributed by atoms with Gasteiger partial charge in [0.25, 0.3) is 0 Å². The zero-order valence-electron chi connectivity index (χ0n) is 9.45. The molecule has 0 aliphatic carbocycles. The van der Waals surface area contributed by atoms with Gasteiger partial charge in [-0.25, -0.2) is 0 Å². The largest absolute Gasteiger partial charge is 0.388 e. The number of hydrogen-bond acceptors (Lipinski definition) is 2. The van der Waals surface area contributed by atoms with Crippen LogP contribution in [0.3, 0.4) is 0 Å². The highest BCUT2D eigenvalue weighted by Gasteiger charge is 2.25. The summed E-state index contributed by atoms with van der Waals surface area (Å²) in [6.07, 6.45) is 1.59. The zero-order valence-corrected chi connectivity index (χ0v) is 10.2. The topological polar surface area (TPSA) is 29.5 Å². The van der Waals surface area contributed by atoms with Crippen molar-refractivity contribution in [3.8, 4) is 0 Å². The lowest BCUT2D eigenvalue weighted by Gasteiger charge is -2.28. The van der Waals surface area contributed by atoms with Crippen molar-refractivity contribution in [2.24, 2.45) is 5.92 Å². The summed E-state index contributed by atoms with van der Waals surface area (Å²) >= 11 is 6.05. The highest BCUT2D eigenvalue weighted by Crippen LogP contribution is 2.32. The van der Waals surface area contributed by atoms with Crippen LogP contribution in [0.25, 0.3) is 0 Å². The number of halogens is 1. The van der Waals surface area contributed by atoms with Crippen molar-refractivity contribution in [3.05, 3.63) is 34.3 Å². The first-order chi connectivity index (χ1) is 7.70. The van der Waals surface area contributed by atoms with E-state index >= 15 is 0 Å². The normalized spacial score (nSPS) is 23.1. The van der Waals surface area contributed by atoms with Gasteiger partial charge in [0.05, 0.1) is 12.7 Å². The molecule has 0 radical (unpaired) electrons. The van der Waals surface area contributed by atoms with Crippen LogP contribution in [0, 0.1) is 12.8 Å². The molecular weight excluding hydrogens is 224 g/mol. The van der Waals surface area contributed by atoms with Crippen molar-refractivity contribution in [3.63, 3.8) is 0 Å². The summed E-state index contributed by atoms with van der Waals surface area (Å²) in [6.45, 7) is 3.41. The molecule has 0 amide bonds. The summed E-state index contributed by atoms with van der Waals surface area (Å²) in [5.74, 6) is 0.200. The molecule has 2 atom stereocenters. The van der Waals surface area contributed by atoms with Crippen LogP contribution in [0.4, 0.5) is 0 Å². The number of aliphatic hydroxyl groups excluding tert-OH is 1. The van der Waals surface area contributed by atoms with E-state index in [9.17, 15) is 5.11 Å². The van der Waals surface area contributed by atoms with Crippen molar-refractivity contribution < 1.29 is 9.84 Å². The van der Waals surface area contributed by atoms with Crippen molar-refractivity contribution in [1.82, 2.24) is 0 Å². The summed E-state index contributed by atoms with van der Waals surface area (Å²) in [4.78, 5) is 0. The smallest absolute Gasteiger partial charge is 0.0843 e. The van der Waals surface area contributed by atoms with Crippen LogP contribution in [0.1, 0.15) is 30.1 Å². The van der Waals surface area contributed by atoms with Gasteiger partial charge in [-0.15, -0.1) is 0 Å². The third-order valence-corrected chi connectivity index (χ3v) is 3.68. The number of ether oxygens (including phenoxy) is 1. The molecule has 1 aromatic rings. The second-order valence-electron chi connectivity index (χ2n) is 4.38. The predicted molar refractivity (Wildman–Crippen MR) is 64.7 cm³/mol. The Morgan fingerprint density at radius 3 is 3.00 bits per heavy atom. The molecule has 3 heteroatoms. The Hall–Kier alpha value is -0.570. The van der Waals surface area contributed by atoms with Crippen LogP contribution < -0.4 is 0 Å². The van der Waals surface area contributed by atoms with Gasteiger partial charge >= 0.3 is 0 Å². The molecule has 1 aromatic carbocycles. The van der Waals surface area contributed by atoms with Gasteiger partial charge in [0, 0.05) is 17.5 Å². The van der Waals surface area contributed by atoms with E-state index in [0.717, 1.165) is 30.6 Å². The fourth-order valence-corrected chi connectivity index (χ4v) is 2.39. The van der Waals surface area contributed by atoms with Crippen molar-refractivity contribution in [2.75, 3.05) is 13.2 Å². The molecule has 2 unspecified atom stereocenters. The summed E-state index contributed by atoms with van der Waals surface area (Å²) < 4.78 is 5.40. The van der Waals surface area contributed by atoms with E-state index in [-0.39, 0.29) is 5.92 Å². The van der Waals surface area contributed by atoms with Gasteiger partial charge in [-0.2, -0.15) is 0 Å². The van der Waals surface area contributed by atoms with E-state index in [4.69, 9.17) is 16.3 Å². The average Bonchev–Trinajstić information content (AvgIpc) is 2.33. The first kappa shape index (κ1) is 11.9. The zero-order chi connectivity index (χ0) is 11.5. The van der Waals surface area contributed by atoms with E-state index in [1.54, 1.807) is 0 Å². The highest BCUT2D eigenvalue weighted by atomic mass is 35.5. The molecule has 1 aliphatic heterocycles. The minimum atomic E-state index is -0.459. The molecule has 1 saturated heterocycles. The minimum Gasteiger partial charge on any atom is -0.388 e. The molecule has 0 bridgehead atoms. The van der Waals surface area contributed by atoms with Crippen molar-refractivity contribution in [2.45, 2.75) is 25.9 Å². The first-order valence-electron chi connectivity index (χ1n) is 5.71. The highest BCUT2D eigenvalue weighted by molar-refractivity contribution is 6.31. The lowest BCUT2D eigenvalue weighted by molar-refractivity contribution is -0.0102. The van der Waals surface area contributed by atoms with Gasteiger partial charge in [-0.3, -0.25) is 0 Å². The third kappa shape index (κ3) is 2.40. The molecule has 16 heavy (non-hydrogen) atoms. The number of rotatable bonds is 2. The van der Waals surface area contributed by atoms with Crippen LogP contribution in [0.15, 0.2) is 18.2 Å². The monoisotopic (exact) mass is 240 g/mol. The molecule has 1 N–H and O–H groups in total. The lowest BCUT2D eigenvalue weighted by atomic mass is 9.89. The van der Waals surface area contributed by atoms with Gasteiger partial charge in [-0.05, 0) is 37.0 Å². The quantitative estimate of drug-likeness (QED) is 0.861. The molecular formula is C13H17ClO2. The fraction of sp³-hybridized carbons (Fsp3) is 0.538. The second kappa shape index (κ2) is 5.17. The molecule has 0 saturated carbocycles. The maximum absolute atomic E-state index is 10.3. The van der Waals surface area contributed by atoms with Crippen LogP contribution >= 0.6 is 11.6 Å². The first-order valence-corrected chi connectivity index (χ1v) is 6.09. The molecule has 1 fully saturated rings. The Bertz CT molecular complexity index is 359. The predicted octanol–water partition coefficient (Wildman–Crippen LogP) is 3.11. The third-order valence-electron chi connectivity index (χ3n) is 3.27. The van der Waals surface area contributed by atoms with E-state index in [1.807, 2.05) is 25.1 Å². The Labute approximate surface area is 101 Å². The van der Waals surface area contributed by atoms with Crippen LogP contribution in [0.2, 0.25) is 5.02 Å². The van der Waals surface area contributed by atoms with Gasteiger partial charge < -0.3 is 9.84 Å². The second-order valence-corrected chi connectivity index (χ2v) is 4.78. The summed E-state index contributed by atoms with van der Waals surface area (Å²) in [7, 11) is 0. The van der Waals surface area contributed by atoms with E-state index < -0.39 is 6.10 Å². The van der Waals surface area contributed by atoms with Gasteiger partial charge in [-0.1, -0.05) is 23.7 Å². The maximum atomic E-state index is 10.3. The molecule has 88 valence electrons. The van der Waals surface area contributed by atoms with Crippen LogP contribution in [-0.4, -0.2) is 18.3 Å². The molecule has 2 rings (SSSR count). The Morgan fingerprint density at radius 1 is 1.50 bits per heavy atom. The fourth-order valence-electron chi connectivity index (χ4n) is 2.21. The molecule has 0 spiro atoms. The number of benzene rings is 1. The van der Waals surface area contributed by atoms with Crippen molar-refractivity contribution >= 4 is 11.6 Å². The molecule has 1 aliphatic rings. The van der Waals surface area contributed by atoms with E-state index in [2.05, 4.69) is 0 Å². The Kier molecular flexibility index (Phi) is 3.85. The van der Waals surface area contributed by atoms with Crippen LogP contribution in [0.5, 0.6) is 0 Å². The lowest BCUT2D eigenvalue weighted by Crippen LogP contribution is -2.24. The SMILES string of the molecule is Cc1c(Cl)cccc1C(O)C1CCCOC1. The van der Waals surface area contributed by atoms with E-state index in [0.29, 0.717) is 11.6 Å². The molecule has 0 aromatic heterocycles. The average molecular weight is 241 g/mol. The van der Waals surface area contributed by atoms with Crippen LogP contribution in [-0.2, 0) is 4.74 Å². The van der Waals surface area contributed by atoms with Gasteiger partial charge in [0.2, 0.25) is 0 Å².